The lowest BCUT2D eigenvalue weighted by molar-refractivity contribution is 0.808. The molecule has 76 valence electrons. The molecular formula is C10H11N5. The first-order valence-corrected chi connectivity index (χ1v) is 4.96. The topological polar surface area (TPSA) is 69.6 Å². The Labute approximate surface area is 87.0 Å². The third-order valence-corrected chi connectivity index (χ3v) is 2.48. The third kappa shape index (κ3) is 1.56. The van der Waals surface area contributed by atoms with E-state index in [2.05, 4.69) is 15.1 Å². The Morgan fingerprint density at radius 1 is 1.33 bits per heavy atom. The molecule has 5 heteroatoms. The predicted octanol–water partition coefficient (Wildman–Crippen LogP) is 1.12. The van der Waals surface area contributed by atoms with E-state index in [0.29, 0.717) is 17.6 Å². The van der Waals surface area contributed by atoms with Gasteiger partial charge in [0.1, 0.15) is 5.82 Å². The number of nitrogens with zero attached hydrogens (tertiary/aromatic N) is 4. The van der Waals surface area contributed by atoms with Gasteiger partial charge in [0, 0.05) is 12.1 Å². The molecule has 5 nitrogen and oxygen atoms in total. The van der Waals surface area contributed by atoms with Crippen LogP contribution < -0.4 is 5.73 Å². The van der Waals surface area contributed by atoms with Crippen LogP contribution in [0.15, 0.2) is 24.7 Å². The second kappa shape index (κ2) is 3.05. The minimum atomic E-state index is 0.413. The zero-order chi connectivity index (χ0) is 10.3. The molecule has 0 saturated heterocycles. The first-order chi connectivity index (χ1) is 7.33. The molecule has 0 aromatic carbocycles. The van der Waals surface area contributed by atoms with Crippen molar-refractivity contribution in [1.29, 1.82) is 0 Å². The van der Waals surface area contributed by atoms with Crippen molar-refractivity contribution in [2.75, 3.05) is 5.73 Å². The standard InChI is InChI=1S/C10H11N5/c11-9-5-12-6-10(13-9)15-4-3-8(14-15)7-1-2-7/h3-7H,1-2H2,(H2,11,13). The van der Waals surface area contributed by atoms with Gasteiger partial charge in [-0.1, -0.05) is 0 Å². The zero-order valence-electron chi connectivity index (χ0n) is 8.17. The molecule has 1 saturated carbocycles. The maximum Gasteiger partial charge on any atom is 0.173 e. The molecule has 2 heterocycles. The summed E-state index contributed by atoms with van der Waals surface area (Å²) in [6.45, 7) is 0. The van der Waals surface area contributed by atoms with E-state index in [4.69, 9.17) is 5.73 Å². The van der Waals surface area contributed by atoms with Crippen LogP contribution in [-0.4, -0.2) is 19.7 Å². The van der Waals surface area contributed by atoms with E-state index in [-0.39, 0.29) is 0 Å². The van der Waals surface area contributed by atoms with Gasteiger partial charge < -0.3 is 5.73 Å². The van der Waals surface area contributed by atoms with Crippen molar-refractivity contribution in [1.82, 2.24) is 19.7 Å². The van der Waals surface area contributed by atoms with Gasteiger partial charge in [-0.05, 0) is 18.9 Å². The van der Waals surface area contributed by atoms with E-state index in [1.54, 1.807) is 10.9 Å². The molecule has 0 bridgehead atoms. The molecule has 0 aliphatic heterocycles. The summed E-state index contributed by atoms with van der Waals surface area (Å²) < 4.78 is 1.72. The Bertz CT molecular complexity index is 486. The number of nitrogen functional groups attached to an aromatic ring is 1. The van der Waals surface area contributed by atoms with Crippen molar-refractivity contribution in [2.45, 2.75) is 18.8 Å². The van der Waals surface area contributed by atoms with Crippen molar-refractivity contribution in [3.05, 3.63) is 30.4 Å². The van der Waals surface area contributed by atoms with Gasteiger partial charge >= 0.3 is 0 Å². The van der Waals surface area contributed by atoms with E-state index in [1.165, 1.54) is 19.0 Å². The van der Waals surface area contributed by atoms with Crippen molar-refractivity contribution in [2.24, 2.45) is 0 Å². The fourth-order valence-electron chi connectivity index (χ4n) is 1.54. The summed E-state index contributed by atoms with van der Waals surface area (Å²) in [7, 11) is 0. The van der Waals surface area contributed by atoms with Crippen LogP contribution in [-0.2, 0) is 0 Å². The average Bonchev–Trinajstić information content (AvgIpc) is 2.97. The summed E-state index contributed by atoms with van der Waals surface area (Å²) in [5.41, 5.74) is 6.70. The Morgan fingerprint density at radius 3 is 2.93 bits per heavy atom. The van der Waals surface area contributed by atoms with Crippen LogP contribution in [0.3, 0.4) is 0 Å². The number of anilines is 1. The van der Waals surface area contributed by atoms with Gasteiger partial charge in [-0.3, -0.25) is 4.98 Å². The van der Waals surface area contributed by atoms with Gasteiger partial charge in [0.25, 0.3) is 0 Å². The van der Waals surface area contributed by atoms with Gasteiger partial charge in [0.2, 0.25) is 0 Å². The minimum Gasteiger partial charge on any atom is -0.382 e. The zero-order valence-corrected chi connectivity index (χ0v) is 8.17. The van der Waals surface area contributed by atoms with Crippen LogP contribution in [0.1, 0.15) is 24.5 Å². The monoisotopic (exact) mass is 201 g/mol. The number of hydrogen-bond acceptors (Lipinski definition) is 4. The van der Waals surface area contributed by atoms with Gasteiger partial charge in [0.15, 0.2) is 5.82 Å². The van der Waals surface area contributed by atoms with Crippen LogP contribution in [0.4, 0.5) is 5.82 Å². The molecule has 0 radical (unpaired) electrons. The SMILES string of the molecule is Nc1cncc(-n2ccc(C3CC3)n2)n1. The predicted molar refractivity (Wildman–Crippen MR) is 55.5 cm³/mol. The number of rotatable bonds is 2. The van der Waals surface area contributed by atoms with Gasteiger partial charge in [-0.2, -0.15) is 5.10 Å². The van der Waals surface area contributed by atoms with E-state index < -0.39 is 0 Å². The van der Waals surface area contributed by atoms with Crippen LogP contribution in [0.25, 0.3) is 5.82 Å². The molecule has 0 unspecified atom stereocenters. The molecule has 2 aromatic heterocycles. The molecular weight excluding hydrogens is 190 g/mol. The fourth-order valence-corrected chi connectivity index (χ4v) is 1.54. The highest BCUT2D eigenvalue weighted by Crippen LogP contribution is 2.38. The summed E-state index contributed by atoms with van der Waals surface area (Å²) in [6.07, 6.45) is 7.57. The van der Waals surface area contributed by atoms with E-state index in [1.807, 2.05) is 12.3 Å². The van der Waals surface area contributed by atoms with Crippen molar-refractivity contribution < 1.29 is 0 Å². The molecule has 2 aromatic rings. The van der Waals surface area contributed by atoms with E-state index >= 15 is 0 Å². The number of hydrogen-bond donors (Lipinski definition) is 1. The van der Waals surface area contributed by atoms with Crippen molar-refractivity contribution in [3.8, 4) is 5.82 Å². The molecule has 1 aliphatic carbocycles. The highest BCUT2D eigenvalue weighted by atomic mass is 15.3. The average molecular weight is 201 g/mol. The Balaban J connectivity index is 1.97. The van der Waals surface area contributed by atoms with E-state index in [9.17, 15) is 0 Å². The molecule has 3 rings (SSSR count). The van der Waals surface area contributed by atoms with Gasteiger partial charge in [0.05, 0.1) is 18.1 Å². The molecule has 2 N–H and O–H groups in total. The first kappa shape index (κ1) is 8.40. The molecule has 0 amide bonds. The Morgan fingerprint density at radius 2 is 2.20 bits per heavy atom. The maximum absolute atomic E-state index is 5.56. The molecule has 1 aliphatic rings. The lowest BCUT2D eigenvalue weighted by Crippen LogP contribution is -2.02. The molecule has 15 heavy (non-hydrogen) atoms. The maximum atomic E-state index is 5.56. The lowest BCUT2D eigenvalue weighted by Gasteiger charge is -1.99. The molecule has 0 atom stereocenters. The fraction of sp³-hybridized carbons (Fsp3) is 0.300. The number of nitrogens with two attached hydrogens (primary N) is 1. The van der Waals surface area contributed by atoms with Crippen molar-refractivity contribution in [3.63, 3.8) is 0 Å². The summed E-state index contributed by atoms with van der Waals surface area (Å²) in [5, 5.41) is 4.44. The molecule has 0 spiro atoms. The Kier molecular flexibility index (Phi) is 1.71. The van der Waals surface area contributed by atoms with E-state index in [0.717, 1.165) is 5.69 Å². The summed E-state index contributed by atoms with van der Waals surface area (Å²) in [5.74, 6) is 1.73. The van der Waals surface area contributed by atoms with Crippen LogP contribution in [0.2, 0.25) is 0 Å². The smallest absolute Gasteiger partial charge is 0.173 e. The summed E-state index contributed by atoms with van der Waals surface area (Å²) in [4.78, 5) is 8.13. The first-order valence-electron chi connectivity index (χ1n) is 4.96. The highest BCUT2D eigenvalue weighted by Gasteiger charge is 2.25. The minimum absolute atomic E-state index is 0.413. The quantitative estimate of drug-likeness (QED) is 0.790. The largest absolute Gasteiger partial charge is 0.382 e. The van der Waals surface area contributed by atoms with Crippen LogP contribution >= 0.6 is 0 Å². The second-order valence-electron chi connectivity index (χ2n) is 3.76. The van der Waals surface area contributed by atoms with Crippen LogP contribution in [0.5, 0.6) is 0 Å². The lowest BCUT2D eigenvalue weighted by atomic mass is 10.3. The normalized spacial score (nSPS) is 15.5. The third-order valence-electron chi connectivity index (χ3n) is 2.48. The van der Waals surface area contributed by atoms with Gasteiger partial charge in [-0.15, -0.1) is 0 Å². The summed E-state index contributed by atoms with van der Waals surface area (Å²) in [6, 6.07) is 2.03. The molecule has 1 fully saturated rings. The highest BCUT2D eigenvalue weighted by molar-refractivity contribution is 5.30. The van der Waals surface area contributed by atoms with Gasteiger partial charge in [-0.25, -0.2) is 9.67 Å². The second-order valence-corrected chi connectivity index (χ2v) is 3.76. The van der Waals surface area contributed by atoms with Crippen LogP contribution in [0, 0.1) is 0 Å². The van der Waals surface area contributed by atoms with Crippen molar-refractivity contribution >= 4 is 5.82 Å². The summed E-state index contributed by atoms with van der Waals surface area (Å²) >= 11 is 0. The number of aromatic nitrogens is 4. The Hall–Kier alpha value is -1.91.